The zero-order chi connectivity index (χ0) is 9.26. The molecule has 0 amide bonds. The van der Waals surface area contributed by atoms with Crippen molar-refractivity contribution in [2.45, 2.75) is 19.0 Å². The third-order valence-electron chi connectivity index (χ3n) is 1.97. The molecule has 0 bridgehead atoms. The van der Waals surface area contributed by atoms with E-state index in [1.165, 1.54) is 4.88 Å². The van der Waals surface area contributed by atoms with Gasteiger partial charge in [-0.3, -0.25) is 10.1 Å². The average Bonchev–Trinajstić information content (AvgIpc) is 2.74. The molecule has 1 aliphatic rings. The minimum absolute atomic E-state index is 0.112. The SMILES string of the molecule is CCOC(=O)[C@H]1NC1c1cccs1. The number of carbonyl (C=O) groups is 1. The highest BCUT2D eigenvalue weighted by molar-refractivity contribution is 7.10. The molecule has 0 spiro atoms. The van der Waals surface area contributed by atoms with Gasteiger partial charge in [0.25, 0.3) is 0 Å². The summed E-state index contributed by atoms with van der Waals surface area (Å²) in [4.78, 5) is 12.4. The fourth-order valence-electron chi connectivity index (χ4n) is 1.29. The Hall–Kier alpha value is -0.870. The van der Waals surface area contributed by atoms with Crippen LogP contribution in [0.1, 0.15) is 17.8 Å². The zero-order valence-corrected chi connectivity index (χ0v) is 8.14. The van der Waals surface area contributed by atoms with Crippen LogP contribution in [0.15, 0.2) is 17.5 Å². The van der Waals surface area contributed by atoms with Gasteiger partial charge in [-0.25, -0.2) is 0 Å². The number of hydrogen-bond donors (Lipinski definition) is 1. The van der Waals surface area contributed by atoms with Crippen LogP contribution in [0.2, 0.25) is 0 Å². The number of thiophene rings is 1. The number of rotatable bonds is 3. The van der Waals surface area contributed by atoms with Crippen molar-refractivity contribution in [2.24, 2.45) is 0 Å². The summed E-state index contributed by atoms with van der Waals surface area (Å²) in [6.45, 7) is 2.27. The first-order valence-corrected chi connectivity index (χ1v) is 5.17. The van der Waals surface area contributed by atoms with E-state index in [1.54, 1.807) is 11.3 Å². The predicted octanol–water partition coefficient (Wildman–Crippen LogP) is 1.32. The van der Waals surface area contributed by atoms with Crippen LogP contribution >= 0.6 is 11.3 Å². The number of carbonyl (C=O) groups excluding carboxylic acids is 1. The maximum absolute atomic E-state index is 11.2. The fourth-order valence-corrected chi connectivity index (χ4v) is 2.11. The van der Waals surface area contributed by atoms with Crippen molar-refractivity contribution in [1.82, 2.24) is 5.32 Å². The molecule has 3 nitrogen and oxygen atoms in total. The highest BCUT2D eigenvalue weighted by atomic mass is 32.1. The summed E-state index contributed by atoms with van der Waals surface area (Å²) in [5, 5.41) is 5.10. The van der Waals surface area contributed by atoms with Crippen molar-refractivity contribution in [2.75, 3.05) is 6.61 Å². The Balaban J connectivity index is 1.92. The molecule has 1 N–H and O–H groups in total. The first kappa shape index (κ1) is 8.72. The lowest BCUT2D eigenvalue weighted by Gasteiger charge is -1.96. The molecule has 1 unspecified atom stereocenters. The Morgan fingerprint density at radius 1 is 1.77 bits per heavy atom. The van der Waals surface area contributed by atoms with Gasteiger partial charge in [0, 0.05) is 4.88 Å². The second-order valence-corrected chi connectivity index (χ2v) is 3.87. The van der Waals surface area contributed by atoms with Crippen molar-refractivity contribution in [3.05, 3.63) is 22.4 Å². The molecule has 1 saturated heterocycles. The lowest BCUT2D eigenvalue weighted by atomic mass is 10.3. The molecule has 1 aliphatic heterocycles. The summed E-state index contributed by atoms with van der Waals surface area (Å²) in [5.41, 5.74) is 0. The third kappa shape index (κ3) is 1.73. The lowest BCUT2D eigenvalue weighted by Crippen LogP contribution is -2.13. The minimum Gasteiger partial charge on any atom is -0.465 e. The zero-order valence-electron chi connectivity index (χ0n) is 7.32. The van der Waals surface area contributed by atoms with Gasteiger partial charge < -0.3 is 4.74 Å². The van der Waals surface area contributed by atoms with Gasteiger partial charge in [0.1, 0.15) is 6.04 Å². The summed E-state index contributed by atoms with van der Waals surface area (Å²) in [6, 6.07) is 4.10. The molecule has 2 rings (SSSR count). The summed E-state index contributed by atoms with van der Waals surface area (Å²) in [7, 11) is 0. The maximum Gasteiger partial charge on any atom is 0.325 e. The second kappa shape index (κ2) is 3.47. The van der Waals surface area contributed by atoms with Crippen molar-refractivity contribution in [3.8, 4) is 0 Å². The van der Waals surface area contributed by atoms with Crippen molar-refractivity contribution < 1.29 is 9.53 Å². The van der Waals surface area contributed by atoms with E-state index >= 15 is 0 Å². The third-order valence-corrected chi connectivity index (χ3v) is 2.93. The van der Waals surface area contributed by atoms with Crippen LogP contribution in [0.4, 0.5) is 0 Å². The van der Waals surface area contributed by atoms with E-state index in [4.69, 9.17) is 4.74 Å². The maximum atomic E-state index is 11.2. The molecular formula is C9H11NO2S. The number of hydrogen-bond acceptors (Lipinski definition) is 4. The predicted molar refractivity (Wildman–Crippen MR) is 50.6 cm³/mol. The monoisotopic (exact) mass is 197 g/mol. The molecular weight excluding hydrogens is 186 g/mol. The average molecular weight is 197 g/mol. The van der Waals surface area contributed by atoms with E-state index in [-0.39, 0.29) is 18.1 Å². The number of ether oxygens (including phenoxy) is 1. The van der Waals surface area contributed by atoms with Gasteiger partial charge in [0.2, 0.25) is 0 Å². The van der Waals surface area contributed by atoms with Gasteiger partial charge in [-0.05, 0) is 18.4 Å². The molecule has 1 aromatic heterocycles. The highest BCUT2D eigenvalue weighted by Gasteiger charge is 2.45. The topological polar surface area (TPSA) is 48.2 Å². The first-order chi connectivity index (χ1) is 6.33. The van der Waals surface area contributed by atoms with Gasteiger partial charge in [0.05, 0.1) is 12.6 Å². The van der Waals surface area contributed by atoms with Crippen molar-refractivity contribution in [1.29, 1.82) is 0 Å². The van der Waals surface area contributed by atoms with Crippen molar-refractivity contribution >= 4 is 17.3 Å². The molecule has 1 aromatic rings. The molecule has 2 heterocycles. The Labute approximate surface area is 80.7 Å². The van der Waals surface area contributed by atoms with Gasteiger partial charge in [-0.2, -0.15) is 0 Å². The van der Waals surface area contributed by atoms with Gasteiger partial charge >= 0.3 is 5.97 Å². The Bertz CT molecular complexity index is 297. The van der Waals surface area contributed by atoms with Crippen LogP contribution in [0.3, 0.4) is 0 Å². The Kier molecular flexibility index (Phi) is 2.33. The number of nitrogens with one attached hydrogen (secondary N) is 1. The molecule has 1 fully saturated rings. The van der Waals surface area contributed by atoms with E-state index in [1.807, 2.05) is 24.4 Å². The van der Waals surface area contributed by atoms with Gasteiger partial charge in [-0.1, -0.05) is 6.07 Å². The highest BCUT2D eigenvalue weighted by Crippen LogP contribution is 2.33. The smallest absolute Gasteiger partial charge is 0.325 e. The van der Waals surface area contributed by atoms with E-state index in [0.717, 1.165) is 0 Å². The van der Waals surface area contributed by atoms with E-state index in [0.29, 0.717) is 6.61 Å². The van der Waals surface area contributed by atoms with Crippen LogP contribution in [0.25, 0.3) is 0 Å². The molecule has 0 aromatic carbocycles. The summed E-state index contributed by atoms with van der Waals surface area (Å²) in [6.07, 6.45) is 0. The molecule has 0 radical (unpaired) electrons. The second-order valence-electron chi connectivity index (χ2n) is 2.89. The normalized spacial score (nSPS) is 25.6. The fraction of sp³-hybridized carbons (Fsp3) is 0.444. The van der Waals surface area contributed by atoms with Crippen LogP contribution in [-0.2, 0) is 9.53 Å². The molecule has 0 saturated carbocycles. The molecule has 0 aliphatic carbocycles. The van der Waals surface area contributed by atoms with Crippen LogP contribution < -0.4 is 5.32 Å². The molecule has 70 valence electrons. The van der Waals surface area contributed by atoms with Crippen LogP contribution in [0.5, 0.6) is 0 Å². The first-order valence-electron chi connectivity index (χ1n) is 4.29. The van der Waals surface area contributed by atoms with E-state index in [2.05, 4.69) is 5.32 Å². The largest absolute Gasteiger partial charge is 0.465 e. The number of esters is 1. The van der Waals surface area contributed by atoms with Gasteiger partial charge in [0.15, 0.2) is 0 Å². The van der Waals surface area contributed by atoms with Crippen LogP contribution in [-0.4, -0.2) is 18.6 Å². The molecule has 13 heavy (non-hydrogen) atoms. The standard InChI is InChI=1S/C9H11NO2S/c1-2-12-9(11)8-7(10-8)6-4-3-5-13-6/h3-5,7-8,10H,2H2,1H3/t7?,8-/m0/s1. The molecule has 2 atom stereocenters. The summed E-state index contributed by atoms with van der Waals surface area (Å²) < 4.78 is 4.90. The summed E-state index contributed by atoms with van der Waals surface area (Å²) >= 11 is 1.66. The van der Waals surface area contributed by atoms with Crippen molar-refractivity contribution in [3.63, 3.8) is 0 Å². The summed E-state index contributed by atoms with van der Waals surface area (Å²) in [5.74, 6) is -0.138. The van der Waals surface area contributed by atoms with E-state index < -0.39 is 0 Å². The van der Waals surface area contributed by atoms with Crippen LogP contribution in [0, 0.1) is 0 Å². The van der Waals surface area contributed by atoms with E-state index in [9.17, 15) is 4.79 Å². The molecule has 4 heteroatoms. The lowest BCUT2D eigenvalue weighted by molar-refractivity contribution is -0.142. The Morgan fingerprint density at radius 2 is 2.62 bits per heavy atom. The Morgan fingerprint density at radius 3 is 3.23 bits per heavy atom. The quantitative estimate of drug-likeness (QED) is 0.587. The van der Waals surface area contributed by atoms with Gasteiger partial charge in [-0.15, -0.1) is 11.3 Å². The minimum atomic E-state index is -0.138.